The van der Waals surface area contributed by atoms with E-state index in [-0.39, 0.29) is 10.9 Å². The molecule has 0 aliphatic carbocycles. The highest BCUT2D eigenvalue weighted by Crippen LogP contribution is 2.27. The first-order valence-corrected chi connectivity index (χ1v) is 28.6. The van der Waals surface area contributed by atoms with E-state index in [1.54, 1.807) is 49.3 Å². The van der Waals surface area contributed by atoms with Crippen molar-refractivity contribution in [3.8, 4) is 39.8 Å². The van der Waals surface area contributed by atoms with Gasteiger partial charge in [0.15, 0.2) is 0 Å². The van der Waals surface area contributed by atoms with Crippen LogP contribution in [0.1, 0.15) is 41.3 Å². The van der Waals surface area contributed by atoms with E-state index in [1.807, 2.05) is 104 Å². The molecular formula is C62H74ClFN16O3. The molecule has 7 aromatic rings. The number of aliphatic carboxylic acids is 1. The van der Waals surface area contributed by atoms with Crippen LogP contribution in [0.25, 0.3) is 33.8 Å². The molecule has 4 N–H and O–H groups in total. The zero-order chi connectivity index (χ0) is 58.7. The third-order valence-electron chi connectivity index (χ3n) is 14.8. The Morgan fingerprint density at radius 2 is 1.27 bits per heavy atom. The summed E-state index contributed by atoms with van der Waals surface area (Å²) in [5, 5.41) is 21.3. The second-order valence-electron chi connectivity index (χ2n) is 20.9. The number of nitrogens with two attached hydrogens (primary N) is 1. The van der Waals surface area contributed by atoms with Gasteiger partial charge in [0.2, 0.25) is 0 Å². The number of anilines is 4. The Balaban J connectivity index is 0.000000167. The smallest absolute Gasteiger partial charge is 0.320 e. The standard InChI is InChI=1S/C26H29N7O.C20H25ClFN5.C16H20N4O2/c1-31(2)11-10-29-26(34)21-8-5-7-20(16-21)23-18-28-19-25(30-23)33-14-12-32(13-15-33)24-9-4-3-6-22(24)17-27;21-17-13-16(3-4-18(17)22)19-14-23-15-20(24-19)27-11-9-26(10-12-27)8-7-25-5-1-2-6-25;1-3-20(2)15-10-18-9-14(19-15)12-6-4-11(5-7-12)8-13(17)16(21)22/h3-9,16,18-19H,10-15H2,1-2H3,(H,29,34);3-4,13-15H,1-2,5-12H2;4-7,9-10,13H,3,8,17H2,1-2H3,(H,21,22). The number of piperazine rings is 2. The summed E-state index contributed by atoms with van der Waals surface area (Å²) in [6, 6.07) is 28.8. The average molecular weight is 1150 g/mol. The number of carbonyl (C=O) groups is 2. The molecule has 1 amide bonds. The van der Waals surface area contributed by atoms with Gasteiger partial charge in [0.25, 0.3) is 5.91 Å². The highest BCUT2D eigenvalue weighted by Gasteiger charge is 2.23. The lowest BCUT2D eigenvalue weighted by molar-refractivity contribution is -0.138. The van der Waals surface area contributed by atoms with Crippen molar-refractivity contribution in [3.05, 3.63) is 156 Å². The monoisotopic (exact) mass is 1140 g/mol. The van der Waals surface area contributed by atoms with Gasteiger partial charge in [-0.3, -0.25) is 29.4 Å². The molecular weight excluding hydrogens is 1070 g/mol. The topological polar surface area (TPSA) is 216 Å². The molecule has 0 bridgehead atoms. The zero-order valence-electron chi connectivity index (χ0n) is 47.8. The Bertz CT molecular complexity index is 3270. The van der Waals surface area contributed by atoms with Crippen molar-refractivity contribution in [2.24, 2.45) is 5.73 Å². The average Bonchev–Trinajstić information content (AvgIpc) is 4.12. The van der Waals surface area contributed by atoms with Gasteiger partial charge < -0.3 is 45.6 Å². The Labute approximate surface area is 491 Å². The Hall–Kier alpha value is -8.19. The minimum atomic E-state index is -0.995. The van der Waals surface area contributed by atoms with Crippen LogP contribution in [0.2, 0.25) is 5.02 Å². The molecule has 3 fully saturated rings. The predicted octanol–water partition coefficient (Wildman–Crippen LogP) is 7.34. The van der Waals surface area contributed by atoms with E-state index in [2.05, 4.69) is 62.7 Å². The van der Waals surface area contributed by atoms with Crippen molar-refractivity contribution in [1.82, 2.24) is 49.9 Å². The van der Waals surface area contributed by atoms with Crippen LogP contribution in [0.5, 0.6) is 0 Å². The van der Waals surface area contributed by atoms with Gasteiger partial charge in [0.05, 0.1) is 70.5 Å². The Morgan fingerprint density at radius 1 is 0.699 bits per heavy atom. The third kappa shape index (κ3) is 17.4. The van der Waals surface area contributed by atoms with Crippen molar-refractivity contribution in [1.29, 1.82) is 5.26 Å². The first kappa shape index (κ1) is 60.9. The van der Waals surface area contributed by atoms with Crippen molar-refractivity contribution < 1.29 is 19.1 Å². The third-order valence-corrected chi connectivity index (χ3v) is 15.1. The summed E-state index contributed by atoms with van der Waals surface area (Å²) in [5.74, 6) is 0.983. The largest absolute Gasteiger partial charge is 0.480 e. The first-order valence-electron chi connectivity index (χ1n) is 28.2. The normalized spacial score (nSPS) is 14.9. The van der Waals surface area contributed by atoms with Gasteiger partial charge in [-0.05, 0) is 101 Å². The number of nitrogens with zero attached hydrogens (tertiary/aromatic N) is 14. The lowest BCUT2D eigenvalue weighted by atomic mass is 10.0. The van der Waals surface area contributed by atoms with Gasteiger partial charge in [-0.2, -0.15) is 5.26 Å². The van der Waals surface area contributed by atoms with Crippen LogP contribution in [0.15, 0.2) is 128 Å². The first-order chi connectivity index (χ1) is 40.2. The van der Waals surface area contributed by atoms with Gasteiger partial charge in [0, 0.05) is 114 Å². The maximum Gasteiger partial charge on any atom is 0.320 e. The molecule has 1 unspecified atom stereocenters. The number of aromatic nitrogens is 6. The van der Waals surface area contributed by atoms with Crippen LogP contribution in [0.4, 0.5) is 27.5 Å². The fraction of sp³-hybridized carbons (Fsp3) is 0.371. The predicted molar refractivity (Wildman–Crippen MR) is 326 cm³/mol. The van der Waals surface area contributed by atoms with Crippen LogP contribution in [-0.4, -0.2) is 187 Å². The number of hydrogen-bond acceptors (Lipinski definition) is 17. The molecule has 0 radical (unpaired) electrons. The van der Waals surface area contributed by atoms with Gasteiger partial charge in [0.1, 0.15) is 35.4 Å². The SMILES string of the molecule is CCN(C)c1cncc(-c2ccc(CC(N)C(=O)O)cc2)n1.CN(C)CCNC(=O)c1cccc(-c2cncc(N3CCN(c4ccccc4C#N)CC3)n2)c1.Fc1ccc(-c2cncc(N3CCN(CCN4CCCC4)CC3)n2)cc1Cl. The maximum atomic E-state index is 13.4. The van der Waals surface area contributed by atoms with Crippen molar-refractivity contribution in [2.45, 2.75) is 32.2 Å². The summed E-state index contributed by atoms with van der Waals surface area (Å²) in [7, 11) is 5.91. The van der Waals surface area contributed by atoms with Crippen LogP contribution in [-0.2, 0) is 11.2 Å². The number of likely N-dealkylation sites (N-methyl/N-ethyl adjacent to an activating group) is 1. The number of likely N-dealkylation sites (tertiary alicyclic amines) is 1. The molecule has 0 saturated carbocycles. The van der Waals surface area contributed by atoms with E-state index in [9.17, 15) is 19.2 Å². The molecule has 3 aliphatic heterocycles. The number of carboxylic acid groups (broad SMARTS) is 1. The number of amides is 1. The molecule has 0 spiro atoms. The molecule has 6 heterocycles. The summed E-state index contributed by atoms with van der Waals surface area (Å²) in [4.78, 5) is 66.3. The van der Waals surface area contributed by atoms with Crippen LogP contribution in [0.3, 0.4) is 0 Å². The number of benzene rings is 4. The highest BCUT2D eigenvalue weighted by molar-refractivity contribution is 6.31. The Kier molecular flexibility index (Phi) is 22.2. The van der Waals surface area contributed by atoms with Crippen LogP contribution < -0.4 is 30.7 Å². The van der Waals surface area contributed by atoms with Gasteiger partial charge in [-0.15, -0.1) is 0 Å². The van der Waals surface area contributed by atoms with Gasteiger partial charge in [-0.25, -0.2) is 19.3 Å². The summed E-state index contributed by atoms with van der Waals surface area (Å²) in [6.07, 6.45) is 13.4. The minimum Gasteiger partial charge on any atom is -0.480 e. The van der Waals surface area contributed by atoms with Crippen molar-refractivity contribution >= 4 is 46.6 Å². The van der Waals surface area contributed by atoms with Crippen molar-refractivity contribution in [2.75, 3.05) is 139 Å². The minimum absolute atomic E-state index is 0.0958. The summed E-state index contributed by atoms with van der Waals surface area (Å²) in [5.41, 5.74) is 13.5. The number of carboxylic acids is 1. The molecule has 3 saturated heterocycles. The van der Waals surface area contributed by atoms with Gasteiger partial charge >= 0.3 is 5.97 Å². The maximum absolute atomic E-state index is 13.4. The quantitative estimate of drug-likeness (QED) is 0.0766. The van der Waals surface area contributed by atoms with Crippen molar-refractivity contribution in [3.63, 3.8) is 0 Å². The fourth-order valence-electron chi connectivity index (χ4n) is 9.77. The van der Waals surface area contributed by atoms with Crippen LogP contribution >= 0.6 is 11.6 Å². The lowest BCUT2D eigenvalue weighted by Crippen LogP contribution is -2.48. The summed E-state index contributed by atoms with van der Waals surface area (Å²) >= 11 is 5.90. The summed E-state index contributed by atoms with van der Waals surface area (Å²) < 4.78 is 13.4. The van der Waals surface area contributed by atoms with E-state index >= 15 is 0 Å². The number of rotatable bonds is 18. The summed E-state index contributed by atoms with van der Waals surface area (Å²) in [6.45, 7) is 16.3. The number of halogens is 2. The molecule has 83 heavy (non-hydrogen) atoms. The van der Waals surface area contributed by atoms with E-state index in [0.29, 0.717) is 29.8 Å². The molecule has 3 aromatic heterocycles. The molecule has 434 valence electrons. The number of carbonyl (C=O) groups excluding carboxylic acids is 1. The molecule has 3 aliphatic rings. The molecule has 19 nitrogen and oxygen atoms in total. The Morgan fingerprint density at radius 3 is 1.87 bits per heavy atom. The van der Waals surface area contributed by atoms with E-state index < -0.39 is 17.8 Å². The molecule has 4 aromatic carbocycles. The van der Waals surface area contributed by atoms with E-state index in [4.69, 9.17) is 32.4 Å². The number of para-hydroxylation sites is 1. The second-order valence-corrected chi connectivity index (χ2v) is 21.3. The molecule has 21 heteroatoms. The number of nitrogens with one attached hydrogen (secondary N) is 1. The molecule has 10 rings (SSSR count). The second kappa shape index (κ2) is 30.2. The molecule has 1 atom stereocenters. The number of nitriles is 1. The van der Waals surface area contributed by atoms with Gasteiger partial charge in [-0.1, -0.05) is 60.1 Å². The zero-order valence-corrected chi connectivity index (χ0v) is 48.5. The lowest BCUT2D eigenvalue weighted by Gasteiger charge is -2.37. The van der Waals surface area contributed by atoms with E-state index in [1.165, 1.54) is 38.5 Å². The van der Waals surface area contributed by atoms with E-state index in [0.717, 1.165) is 129 Å². The van der Waals surface area contributed by atoms with Crippen LogP contribution in [0, 0.1) is 17.1 Å². The number of hydrogen-bond donors (Lipinski definition) is 3. The fourth-order valence-corrected chi connectivity index (χ4v) is 9.95. The highest BCUT2D eigenvalue weighted by atomic mass is 35.5.